The molecular formula is C13H18O4S. The van der Waals surface area contributed by atoms with E-state index in [0.717, 1.165) is 6.26 Å². The van der Waals surface area contributed by atoms with E-state index in [1.807, 2.05) is 0 Å². The summed E-state index contributed by atoms with van der Waals surface area (Å²) in [5.74, 6) is 0.242. The van der Waals surface area contributed by atoms with E-state index >= 15 is 0 Å². The molecule has 0 bridgehead atoms. The SMILES string of the molecule is COc1ccc(C(=O)C(C)(C)S(C)(=O)=O)c(C)c1. The number of benzene rings is 1. The molecule has 0 N–H and O–H groups in total. The van der Waals surface area contributed by atoms with E-state index in [0.29, 0.717) is 16.9 Å². The van der Waals surface area contributed by atoms with Gasteiger partial charge in [-0.3, -0.25) is 4.79 Å². The molecule has 0 heterocycles. The van der Waals surface area contributed by atoms with Gasteiger partial charge < -0.3 is 4.74 Å². The van der Waals surface area contributed by atoms with Crippen LogP contribution in [0.4, 0.5) is 0 Å². The second-order valence-electron chi connectivity index (χ2n) is 4.79. The molecule has 0 saturated carbocycles. The van der Waals surface area contributed by atoms with Crippen LogP contribution < -0.4 is 4.74 Å². The quantitative estimate of drug-likeness (QED) is 0.785. The second kappa shape index (κ2) is 4.72. The summed E-state index contributed by atoms with van der Waals surface area (Å²) < 4.78 is 26.9. The van der Waals surface area contributed by atoms with Crippen molar-refractivity contribution in [2.45, 2.75) is 25.5 Å². The first kappa shape index (κ1) is 14.7. The topological polar surface area (TPSA) is 60.4 Å². The van der Waals surface area contributed by atoms with Gasteiger partial charge in [-0.25, -0.2) is 8.42 Å². The Hall–Kier alpha value is -1.36. The highest BCUT2D eigenvalue weighted by Crippen LogP contribution is 2.25. The lowest BCUT2D eigenvalue weighted by Crippen LogP contribution is -2.40. The fourth-order valence-electron chi connectivity index (χ4n) is 1.51. The average Bonchev–Trinajstić information content (AvgIpc) is 2.26. The number of carbonyl (C=O) groups is 1. The van der Waals surface area contributed by atoms with Gasteiger partial charge in [-0.1, -0.05) is 0 Å². The monoisotopic (exact) mass is 270 g/mol. The van der Waals surface area contributed by atoms with Crippen molar-refractivity contribution in [3.8, 4) is 5.75 Å². The molecule has 0 spiro atoms. The fraction of sp³-hybridized carbons (Fsp3) is 0.462. The molecule has 4 nitrogen and oxygen atoms in total. The van der Waals surface area contributed by atoms with Crippen LogP contribution >= 0.6 is 0 Å². The van der Waals surface area contributed by atoms with Crippen molar-refractivity contribution in [1.29, 1.82) is 0 Å². The molecule has 5 heteroatoms. The molecule has 0 aliphatic heterocycles. The standard InChI is InChI=1S/C13H18O4S/c1-9-8-10(17-4)6-7-11(9)12(14)13(2,3)18(5,15)16/h6-8H,1-5H3. The van der Waals surface area contributed by atoms with Gasteiger partial charge >= 0.3 is 0 Å². The molecule has 0 radical (unpaired) electrons. The van der Waals surface area contributed by atoms with Gasteiger partial charge in [0.05, 0.1) is 7.11 Å². The zero-order chi connectivity index (χ0) is 14.1. The fourth-order valence-corrected chi connectivity index (χ4v) is 1.96. The molecule has 1 aromatic carbocycles. The number of carbonyl (C=O) groups excluding carboxylic acids is 1. The summed E-state index contributed by atoms with van der Waals surface area (Å²) in [5.41, 5.74) is 1.11. The van der Waals surface area contributed by atoms with E-state index in [1.165, 1.54) is 21.0 Å². The van der Waals surface area contributed by atoms with Crippen molar-refractivity contribution in [1.82, 2.24) is 0 Å². The molecule has 0 aliphatic carbocycles. The van der Waals surface area contributed by atoms with Crippen LogP contribution in [-0.4, -0.2) is 32.3 Å². The second-order valence-corrected chi connectivity index (χ2v) is 7.36. The maximum atomic E-state index is 12.3. The minimum Gasteiger partial charge on any atom is -0.497 e. The van der Waals surface area contributed by atoms with Crippen molar-refractivity contribution in [3.63, 3.8) is 0 Å². The summed E-state index contributed by atoms with van der Waals surface area (Å²) in [6.45, 7) is 4.61. The third-order valence-electron chi connectivity index (χ3n) is 3.15. The Morgan fingerprint density at radius 2 is 1.83 bits per heavy atom. The summed E-state index contributed by atoms with van der Waals surface area (Å²) in [7, 11) is -1.92. The first-order valence-electron chi connectivity index (χ1n) is 5.50. The first-order valence-corrected chi connectivity index (χ1v) is 7.39. The van der Waals surface area contributed by atoms with Crippen LogP contribution in [0.1, 0.15) is 29.8 Å². The van der Waals surface area contributed by atoms with E-state index in [9.17, 15) is 13.2 Å². The molecule has 0 saturated heterocycles. The van der Waals surface area contributed by atoms with Crippen molar-refractivity contribution in [2.75, 3.05) is 13.4 Å². The molecule has 1 aromatic rings. The van der Waals surface area contributed by atoms with Gasteiger partial charge in [0.25, 0.3) is 0 Å². The molecule has 0 amide bonds. The van der Waals surface area contributed by atoms with Crippen LogP contribution in [-0.2, 0) is 9.84 Å². The Kier molecular flexibility index (Phi) is 3.86. The highest BCUT2D eigenvalue weighted by atomic mass is 32.2. The number of hydrogen-bond acceptors (Lipinski definition) is 4. The van der Waals surface area contributed by atoms with Gasteiger partial charge in [0.15, 0.2) is 15.6 Å². The number of ketones is 1. The summed E-state index contributed by atoms with van der Waals surface area (Å²) in [6.07, 6.45) is 1.07. The van der Waals surface area contributed by atoms with Crippen LogP contribution in [0.3, 0.4) is 0 Å². The van der Waals surface area contributed by atoms with E-state index in [1.54, 1.807) is 25.1 Å². The smallest absolute Gasteiger partial charge is 0.183 e. The molecule has 0 unspecified atom stereocenters. The molecular weight excluding hydrogens is 252 g/mol. The molecule has 0 aromatic heterocycles. The molecule has 100 valence electrons. The largest absolute Gasteiger partial charge is 0.497 e. The Morgan fingerprint density at radius 1 is 1.28 bits per heavy atom. The number of ether oxygens (including phenoxy) is 1. The van der Waals surface area contributed by atoms with E-state index in [4.69, 9.17) is 4.74 Å². The number of Topliss-reactive ketones (excluding diaryl/α,β-unsaturated/α-hetero) is 1. The Labute approximate surface area is 108 Å². The minimum absolute atomic E-state index is 0.398. The molecule has 0 aliphatic rings. The van der Waals surface area contributed by atoms with Gasteiger partial charge in [0, 0.05) is 11.8 Å². The van der Waals surface area contributed by atoms with Crippen LogP contribution in [0.5, 0.6) is 5.75 Å². The number of hydrogen-bond donors (Lipinski definition) is 0. The average molecular weight is 270 g/mol. The summed E-state index contributed by atoms with van der Waals surface area (Å²) in [4.78, 5) is 12.3. The van der Waals surface area contributed by atoms with Gasteiger partial charge in [-0.15, -0.1) is 0 Å². The van der Waals surface area contributed by atoms with Crippen LogP contribution in [0, 0.1) is 6.92 Å². The van der Waals surface area contributed by atoms with Crippen LogP contribution in [0.25, 0.3) is 0 Å². The summed E-state index contributed by atoms with van der Waals surface area (Å²) in [5, 5.41) is 0. The normalized spacial score (nSPS) is 12.3. The zero-order valence-corrected chi connectivity index (χ0v) is 12.1. The number of methoxy groups -OCH3 is 1. The van der Waals surface area contributed by atoms with Gasteiger partial charge in [0.2, 0.25) is 0 Å². The number of aryl methyl sites for hydroxylation is 1. The predicted octanol–water partition coefficient (Wildman–Crippen LogP) is 2.01. The predicted molar refractivity (Wildman–Crippen MR) is 71.0 cm³/mol. The highest BCUT2D eigenvalue weighted by molar-refractivity contribution is 7.92. The maximum absolute atomic E-state index is 12.3. The first-order chi connectivity index (χ1) is 8.11. The van der Waals surface area contributed by atoms with E-state index in [2.05, 4.69) is 0 Å². The highest BCUT2D eigenvalue weighted by Gasteiger charge is 2.39. The van der Waals surface area contributed by atoms with Crippen molar-refractivity contribution >= 4 is 15.6 Å². The van der Waals surface area contributed by atoms with E-state index < -0.39 is 20.4 Å². The molecule has 0 atom stereocenters. The number of sulfone groups is 1. The number of rotatable bonds is 4. The lowest BCUT2D eigenvalue weighted by molar-refractivity contribution is 0.0953. The Bertz CT molecular complexity index is 571. The van der Waals surface area contributed by atoms with Crippen LogP contribution in [0.2, 0.25) is 0 Å². The lowest BCUT2D eigenvalue weighted by atomic mass is 9.96. The summed E-state index contributed by atoms with van der Waals surface area (Å²) >= 11 is 0. The van der Waals surface area contributed by atoms with Crippen LogP contribution in [0.15, 0.2) is 18.2 Å². The third kappa shape index (κ3) is 2.56. The van der Waals surface area contributed by atoms with Gasteiger partial charge in [-0.2, -0.15) is 0 Å². The summed E-state index contributed by atoms with van der Waals surface area (Å²) in [6, 6.07) is 4.97. The van der Waals surface area contributed by atoms with Gasteiger partial charge in [-0.05, 0) is 44.5 Å². The van der Waals surface area contributed by atoms with Crippen molar-refractivity contribution < 1.29 is 17.9 Å². The Morgan fingerprint density at radius 3 is 2.22 bits per heavy atom. The Balaban J connectivity index is 3.28. The lowest BCUT2D eigenvalue weighted by Gasteiger charge is -2.22. The van der Waals surface area contributed by atoms with Crippen molar-refractivity contribution in [3.05, 3.63) is 29.3 Å². The van der Waals surface area contributed by atoms with E-state index in [-0.39, 0.29) is 0 Å². The molecule has 0 fully saturated rings. The molecule has 1 rings (SSSR count). The van der Waals surface area contributed by atoms with Crippen molar-refractivity contribution in [2.24, 2.45) is 0 Å². The zero-order valence-electron chi connectivity index (χ0n) is 11.3. The van der Waals surface area contributed by atoms with Gasteiger partial charge in [0.1, 0.15) is 10.5 Å². The molecule has 18 heavy (non-hydrogen) atoms. The minimum atomic E-state index is -3.46. The third-order valence-corrected chi connectivity index (χ3v) is 5.19. The maximum Gasteiger partial charge on any atom is 0.183 e.